The van der Waals surface area contributed by atoms with Crippen LogP contribution in [0.25, 0.3) is 0 Å². The molecular weight excluding hydrogens is 558 g/mol. The van der Waals surface area contributed by atoms with E-state index >= 15 is 0 Å². The zero-order valence-corrected chi connectivity index (χ0v) is 27.4. The fourth-order valence-corrected chi connectivity index (χ4v) is 11.7. The van der Waals surface area contributed by atoms with Crippen molar-refractivity contribution in [2.24, 2.45) is 0 Å². The molecule has 0 aliphatic carbocycles. The lowest BCUT2D eigenvalue weighted by Gasteiger charge is -2.43. The number of aromatic nitrogens is 1. The molecule has 2 fully saturated rings. The van der Waals surface area contributed by atoms with Gasteiger partial charge < -0.3 is 33.7 Å². The lowest BCUT2D eigenvalue weighted by atomic mass is 9.89. The molecule has 0 amide bonds. The van der Waals surface area contributed by atoms with Gasteiger partial charge in [-0.1, -0.05) is 81.4 Å². The number of hydrogen-bond donors (Lipinski definition) is 1. The summed E-state index contributed by atoms with van der Waals surface area (Å²) >= 11 is 0. The molecule has 0 radical (unpaired) electrons. The summed E-state index contributed by atoms with van der Waals surface area (Å²) in [5.41, 5.74) is 7.40. The number of nitrogens with two attached hydrogens (primary N) is 1. The molecule has 2 aliphatic rings. The molecule has 2 aliphatic heterocycles. The van der Waals surface area contributed by atoms with Crippen molar-refractivity contribution < 1.29 is 23.4 Å². The van der Waals surface area contributed by atoms with E-state index in [0.29, 0.717) is 37.6 Å². The molecule has 8 nitrogen and oxygen atoms in total. The quantitative estimate of drug-likeness (QED) is 0.260. The van der Waals surface area contributed by atoms with Gasteiger partial charge in [0.1, 0.15) is 35.7 Å². The minimum atomic E-state index is -2.65. The van der Waals surface area contributed by atoms with E-state index in [9.17, 15) is 5.26 Å². The highest BCUT2D eigenvalue weighted by Gasteiger charge is 2.64. The van der Waals surface area contributed by atoms with Crippen molar-refractivity contribution in [3.8, 4) is 6.07 Å². The molecule has 2 aromatic carbocycles. The van der Waals surface area contributed by atoms with E-state index in [2.05, 4.69) is 75.4 Å². The Morgan fingerprint density at radius 3 is 2.16 bits per heavy atom. The smallest absolute Gasteiger partial charge is 0.261 e. The van der Waals surface area contributed by atoms with E-state index < -0.39 is 25.8 Å². The van der Waals surface area contributed by atoms with Crippen LogP contribution in [-0.2, 0) is 29.9 Å². The predicted octanol–water partition coefficient (Wildman–Crippen LogP) is 4.91. The number of aryl methyl sites for hydroxylation is 1. The predicted molar refractivity (Wildman–Crippen MR) is 170 cm³/mol. The summed E-state index contributed by atoms with van der Waals surface area (Å²) in [4.78, 5) is 0. The summed E-state index contributed by atoms with van der Waals surface area (Å²) < 4.78 is 33.6. The van der Waals surface area contributed by atoms with Crippen LogP contribution in [0.4, 0.5) is 5.69 Å². The van der Waals surface area contributed by atoms with Crippen LogP contribution < -0.4 is 16.1 Å². The van der Waals surface area contributed by atoms with Crippen molar-refractivity contribution in [2.75, 3.05) is 26.1 Å². The van der Waals surface area contributed by atoms with E-state index in [0.717, 1.165) is 5.56 Å². The molecule has 2 saturated heterocycles. The first-order valence-corrected chi connectivity index (χ1v) is 16.9. The molecular formula is C34H45N3O5Si. The van der Waals surface area contributed by atoms with Crippen LogP contribution in [0.2, 0.25) is 5.04 Å². The van der Waals surface area contributed by atoms with Gasteiger partial charge in [-0.15, -0.1) is 0 Å². The van der Waals surface area contributed by atoms with Crippen molar-refractivity contribution in [1.29, 1.82) is 5.26 Å². The Kier molecular flexibility index (Phi) is 8.66. The molecule has 0 unspecified atom stereocenters. The minimum Gasteiger partial charge on any atom is -0.407 e. The van der Waals surface area contributed by atoms with Gasteiger partial charge in [0.05, 0.1) is 12.3 Å². The van der Waals surface area contributed by atoms with Gasteiger partial charge in [-0.25, -0.2) is 0 Å². The molecule has 1 aromatic heterocycles. The first kappa shape index (κ1) is 31.5. The van der Waals surface area contributed by atoms with Crippen molar-refractivity contribution in [3.05, 3.63) is 78.1 Å². The maximum atomic E-state index is 10.1. The first-order valence-electron chi connectivity index (χ1n) is 15.0. The van der Waals surface area contributed by atoms with E-state index in [-0.39, 0.29) is 17.2 Å². The maximum absolute atomic E-state index is 10.1. The highest BCUT2D eigenvalue weighted by Crippen LogP contribution is 2.54. The minimum absolute atomic E-state index is 0.111. The van der Waals surface area contributed by atoms with Crippen LogP contribution in [0.1, 0.15) is 65.3 Å². The lowest BCUT2D eigenvalue weighted by molar-refractivity contribution is -0.207. The Morgan fingerprint density at radius 1 is 1.02 bits per heavy atom. The van der Waals surface area contributed by atoms with Gasteiger partial charge >= 0.3 is 0 Å². The zero-order valence-electron chi connectivity index (χ0n) is 26.4. The largest absolute Gasteiger partial charge is 0.407 e. The molecule has 9 heteroatoms. The van der Waals surface area contributed by atoms with Crippen LogP contribution >= 0.6 is 0 Å². The monoisotopic (exact) mass is 603 g/mol. The summed E-state index contributed by atoms with van der Waals surface area (Å²) in [6.45, 7) is 14.1. The highest BCUT2D eigenvalue weighted by molar-refractivity contribution is 6.99. The molecule has 43 heavy (non-hydrogen) atoms. The second-order valence-electron chi connectivity index (χ2n) is 13.3. The van der Waals surface area contributed by atoms with Gasteiger partial charge in [0, 0.05) is 32.0 Å². The number of methoxy groups -OCH3 is 1. The first-order chi connectivity index (χ1) is 20.4. The molecule has 3 aromatic rings. The third-order valence-electron chi connectivity index (χ3n) is 8.76. The number of nitriles is 1. The number of anilines is 1. The average Bonchev–Trinajstić information content (AvgIpc) is 3.51. The number of nitrogens with zero attached hydrogens (tertiary/aromatic N) is 2. The van der Waals surface area contributed by atoms with Crippen LogP contribution in [-0.4, -0.2) is 56.8 Å². The number of hydrogen-bond acceptors (Lipinski definition) is 7. The lowest BCUT2D eigenvalue weighted by Crippen LogP contribution is -2.66. The van der Waals surface area contributed by atoms with Crippen molar-refractivity contribution in [1.82, 2.24) is 4.57 Å². The second-order valence-corrected chi connectivity index (χ2v) is 17.6. The molecule has 230 valence electrons. The van der Waals surface area contributed by atoms with Gasteiger partial charge in [0.15, 0.2) is 5.79 Å². The Bertz CT molecular complexity index is 1410. The van der Waals surface area contributed by atoms with Crippen molar-refractivity contribution in [2.45, 2.75) is 89.2 Å². The molecule has 0 saturated carbocycles. The fraction of sp³-hybridized carbons (Fsp3) is 0.500. The molecule has 0 spiro atoms. The third-order valence-corrected chi connectivity index (χ3v) is 13.8. The Hall–Kier alpha value is -2.97. The van der Waals surface area contributed by atoms with E-state index in [1.54, 1.807) is 7.11 Å². The molecule has 0 bridgehead atoms. The summed E-state index contributed by atoms with van der Waals surface area (Å²) in [6.07, 6.45) is 1.47. The number of nitrogen functional groups attached to an aromatic ring is 1. The van der Waals surface area contributed by atoms with Gasteiger partial charge in [-0.3, -0.25) is 0 Å². The van der Waals surface area contributed by atoms with Crippen LogP contribution in [0, 0.1) is 11.3 Å². The summed E-state index contributed by atoms with van der Waals surface area (Å²) in [7, 11) is -1.01. The van der Waals surface area contributed by atoms with Gasteiger partial charge in [-0.05, 0) is 42.6 Å². The van der Waals surface area contributed by atoms with Gasteiger partial charge in [-0.2, -0.15) is 5.26 Å². The third kappa shape index (κ3) is 5.57. The maximum Gasteiger partial charge on any atom is 0.261 e. The van der Waals surface area contributed by atoms with E-state index in [4.69, 9.17) is 29.1 Å². The Balaban J connectivity index is 1.40. The summed E-state index contributed by atoms with van der Waals surface area (Å²) in [5, 5.41) is 12.5. The van der Waals surface area contributed by atoms with Crippen molar-refractivity contribution >= 4 is 24.4 Å². The fourth-order valence-electron chi connectivity index (χ4n) is 7.06. The van der Waals surface area contributed by atoms with E-state index in [1.807, 2.05) is 43.7 Å². The molecule has 4 atom stereocenters. The van der Waals surface area contributed by atoms with Gasteiger partial charge in [0.2, 0.25) is 0 Å². The van der Waals surface area contributed by atoms with Crippen LogP contribution in [0.15, 0.2) is 66.9 Å². The Labute approximate surface area is 256 Å². The topological polar surface area (TPSA) is 101 Å². The highest BCUT2D eigenvalue weighted by atomic mass is 28.4. The number of fused-ring (bicyclic) bond motifs is 1. The molecule has 5 rings (SSSR count). The summed E-state index contributed by atoms with van der Waals surface area (Å²) in [6, 6.07) is 23.5. The number of benzene rings is 2. The number of rotatable bonds is 10. The van der Waals surface area contributed by atoms with E-state index in [1.165, 1.54) is 10.4 Å². The standard InChI is InChI=1S/C34H45N3O5Si/c1-32(2,3)43(24-15-10-8-11-16-24,25-17-12-9-13-18-25)39-20-14-19-37-22-26(29(36)27(37)21-35)30-34(6)31(28(40-30)23-38-7)41-33(4,5)42-34/h8-13,15-18,22,28,30-31H,14,19-20,23,36H2,1-7H3/t28-,30+,31-,34+/m1/s1. The SMILES string of the molecule is COC[C@H]1O[C@@H](c2cn(CCCO[Si](c3ccccc3)(c3ccccc3)C(C)(C)C)c(C#N)c2N)[C@]2(C)OC(C)(C)O[C@H]12. The van der Waals surface area contributed by atoms with Crippen molar-refractivity contribution in [3.63, 3.8) is 0 Å². The molecule has 2 N–H and O–H groups in total. The zero-order chi connectivity index (χ0) is 31.0. The normalized spacial score (nSPS) is 25.0. The van der Waals surface area contributed by atoms with Crippen LogP contribution in [0.3, 0.4) is 0 Å². The second kappa shape index (κ2) is 11.8. The summed E-state index contributed by atoms with van der Waals surface area (Å²) in [5.74, 6) is -0.777. The van der Waals surface area contributed by atoms with Gasteiger partial charge in [0.25, 0.3) is 8.32 Å². The number of ether oxygens (including phenoxy) is 4. The average molecular weight is 604 g/mol. The Morgan fingerprint density at radius 2 is 1.63 bits per heavy atom. The van der Waals surface area contributed by atoms with Crippen LogP contribution in [0.5, 0.6) is 0 Å². The molecule has 3 heterocycles.